The van der Waals surface area contributed by atoms with Gasteiger partial charge in [-0.15, -0.1) is 23.2 Å². The van der Waals surface area contributed by atoms with E-state index in [2.05, 4.69) is 0 Å². The minimum absolute atomic E-state index is 0.198. The minimum atomic E-state index is -0.682. The number of rotatable bonds is 5. The standard InChI is InChI=1S/C9H11Cl3O2/c1-8(5-9(8,11)12)6-14-4-7(2-10)3-13/h2-3H,4-6H2,1H3. The average molecular weight is 258 g/mol. The maximum absolute atomic E-state index is 10.3. The van der Waals surface area contributed by atoms with Crippen molar-refractivity contribution in [3.05, 3.63) is 11.1 Å². The van der Waals surface area contributed by atoms with E-state index < -0.39 is 4.33 Å². The lowest BCUT2D eigenvalue weighted by Crippen LogP contribution is -2.14. The Morgan fingerprint density at radius 1 is 1.57 bits per heavy atom. The Balaban J connectivity index is 2.27. The van der Waals surface area contributed by atoms with Crippen molar-refractivity contribution in [2.24, 2.45) is 5.41 Å². The molecule has 0 spiro atoms. The normalized spacial score (nSPS) is 30.1. The zero-order valence-corrected chi connectivity index (χ0v) is 9.99. The molecule has 14 heavy (non-hydrogen) atoms. The number of ether oxygens (including phenoxy) is 1. The molecule has 1 aliphatic carbocycles. The molecule has 0 aliphatic heterocycles. The largest absolute Gasteiger partial charge is 0.376 e. The van der Waals surface area contributed by atoms with Gasteiger partial charge in [0.05, 0.1) is 13.2 Å². The minimum Gasteiger partial charge on any atom is -0.376 e. The van der Waals surface area contributed by atoms with E-state index in [-0.39, 0.29) is 12.0 Å². The van der Waals surface area contributed by atoms with Crippen LogP contribution in [0.5, 0.6) is 0 Å². The summed E-state index contributed by atoms with van der Waals surface area (Å²) in [5.74, 6) is 0. The molecule has 1 saturated carbocycles. The van der Waals surface area contributed by atoms with Crippen LogP contribution in [0.2, 0.25) is 0 Å². The SMILES string of the molecule is CC1(COCC(C=O)=CCl)CC1(Cl)Cl. The van der Waals surface area contributed by atoms with Crippen LogP contribution in [0.3, 0.4) is 0 Å². The molecule has 0 amide bonds. The van der Waals surface area contributed by atoms with E-state index in [4.69, 9.17) is 39.5 Å². The fraction of sp³-hybridized carbons (Fsp3) is 0.667. The molecule has 0 saturated heterocycles. The number of carbonyl (C=O) groups is 1. The van der Waals surface area contributed by atoms with Crippen molar-refractivity contribution < 1.29 is 9.53 Å². The first-order valence-corrected chi connectivity index (χ1v) is 5.34. The molecule has 0 aromatic carbocycles. The molecule has 1 atom stereocenters. The van der Waals surface area contributed by atoms with E-state index >= 15 is 0 Å². The first-order chi connectivity index (χ1) is 6.45. The van der Waals surface area contributed by atoms with Gasteiger partial charge in [0.2, 0.25) is 0 Å². The fourth-order valence-corrected chi connectivity index (χ4v) is 1.90. The molecule has 1 fully saturated rings. The van der Waals surface area contributed by atoms with Crippen molar-refractivity contribution in [3.8, 4) is 0 Å². The molecular formula is C9H11Cl3O2. The molecule has 5 heteroatoms. The molecule has 80 valence electrons. The van der Waals surface area contributed by atoms with Crippen molar-refractivity contribution >= 4 is 41.1 Å². The summed E-state index contributed by atoms with van der Waals surface area (Å²) < 4.78 is 4.61. The van der Waals surface area contributed by atoms with Crippen LogP contribution in [0.4, 0.5) is 0 Å². The number of hydrogen-bond acceptors (Lipinski definition) is 2. The summed E-state index contributed by atoms with van der Waals surface area (Å²) >= 11 is 17.2. The summed E-state index contributed by atoms with van der Waals surface area (Å²) in [5.41, 5.74) is 1.42. The van der Waals surface area contributed by atoms with Gasteiger partial charge in [-0.2, -0.15) is 0 Å². The first kappa shape index (κ1) is 12.3. The number of aldehydes is 1. The zero-order valence-electron chi connectivity index (χ0n) is 7.73. The average Bonchev–Trinajstić information content (AvgIpc) is 2.60. The van der Waals surface area contributed by atoms with Gasteiger partial charge in [-0.1, -0.05) is 18.5 Å². The van der Waals surface area contributed by atoms with Crippen LogP contribution in [0.25, 0.3) is 0 Å². The lowest BCUT2D eigenvalue weighted by molar-refractivity contribution is -0.105. The highest BCUT2D eigenvalue weighted by atomic mass is 35.5. The van der Waals surface area contributed by atoms with Crippen molar-refractivity contribution in [1.29, 1.82) is 0 Å². The first-order valence-electron chi connectivity index (χ1n) is 4.15. The second-order valence-corrected chi connectivity index (χ2v) is 5.44. The Bertz CT molecular complexity index is 263. The van der Waals surface area contributed by atoms with Crippen LogP contribution in [0.1, 0.15) is 13.3 Å². The Morgan fingerprint density at radius 2 is 2.14 bits per heavy atom. The number of hydrogen-bond donors (Lipinski definition) is 0. The fourth-order valence-electron chi connectivity index (χ4n) is 1.09. The molecule has 1 rings (SSSR count). The van der Waals surface area contributed by atoms with Crippen LogP contribution in [0, 0.1) is 5.41 Å². The van der Waals surface area contributed by atoms with Crippen molar-refractivity contribution in [1.82, 2.24) is 0 Å². The van der Waals surface area contributed by atoms with Gasteiger partial charge in [0.25, 0.3) is 0 Å². The molecular weight excluding hydrogens is 246 g/mol. The van der Waals surface area contributed by atoms with Crippen LogP contribution in [0.15, 0.2) is 11.1 Å². The molecule has 0 aromatic heterocycles. The van der Waals surface area contributed by atoms with Gasteiger partial charge in [-0.05, 0) is 6.42 Å². The van der Waals surface area contributed by atoms with E-state index in [9.17, 15) is 4.79 Å². The highest BCUT2D eigenvalue weighted by molar-refractivity contribution is 6.51. The third kappa shape index (κ3) is 2.63. The van der Waals surface area contributed by atoms with E-state index in [0.29, 0.717) is 24.9 Å². The summed E-state index contributed by atoms with van der Waals surface area (Å²) in [4.78, 5) is 10.3. The van der Waals surface area contributed by atoms with Gasteiger partial charge in [0.1, 0.15) is 10.6 Å². The maximum Gasteiger partial charge on any atom is 0.149 e. The Kier molecular flexibility index (Phi) is 3.87. The lowest BCUT2D eigenvalue weighted by atomic mass is 10.2. The second-order valence-electron chi connectivity index (χ2n) is 3.74. The van der Waals surface area contributed by atoms with E-state index in [0.717, 1.165) is 0 Å². The Labute approximate surface area is 98.1 Å². The number of halogens is 3. The monoisotopic (exact) mass is 256 g/mol. The summed E-state index contributed by atoms with van der Waals surface area (Å²) in [7, 11) is 0. The summed E-state index contributed by atoms with van der Waals surface area (Å²) in [6.45, 7) is 2.58. The number of alkyl halides is 2. The van der Waals surface area contributed by atoms with Crippen molar-refractivity contribution in [2.45, 2.75) is 17.7 Å². The van der Waals surface area contributed by atoms with Crippen LogP contribution >= 0.6 is 34.8 Å². The molecule has 0 heterocycles. The van der Waals surface area contributed by atoms with Gasteiger partial charge in [0.15, 0.2) is 0 Å². The molecule has 0 aromatic rings. The van der Waals surface area contributed by atoms with E-state index in [1.807, 2.05) is 6.92 Å². The van der Waals surface area contributed by atoms with Gasteiger partial charge in [-0.25, -0.2) is 0 Å². The van der Waals surface area contributed by atoms with Crippen molar-refractivity contribution in [2.75, 3.05) is 13.2 Å². The molecule has 1 aliphatic rings. The molecule has 0 bridgehead atoms. The zero-order chi connectivity index (χ0) is 10.8. The van der Waals surface area contributed by atoms with Gasteiger partial charge in [0, 0.05) is 16.5 Å². The summed E-state index contributed by atoms with van der Waals surface area (Å²) in [5, 5.41) is 0. The quantitative estimate of drug-likeness (QED) is 0.430. The highest BCUT2D eigenvalue weighted by Gasteiger charge is 2.62. The summed E-state index contributed by atoms with van der Waals surface area (Å²) in [6, 6.07) is 0. The summed E-state index contributed by atoms with van der Waals surface area (Å²) in [6.07, 6.45) is 1.38. The highest BCUT2D eigenvalue weighted by Crippen LogP contribution is 2.63. The molecule has 2 nitrogen and oxygen atoms in total. The van der Waals surface area contributed by atoms with Gasteiger partial charge < -0.3 is 4.74 Å². The van der Waals surface area contributed by atoms with E-state index in [1.54, 1.807) is 0 Å². The Hall–Kier alpha value is 0.240. The van der Waals surface area contributed by atoms with Crippen LogP contribution in [-0.2, 0) is 9.53 Å². The molecule has 0 N–H and O–H groups in total. The Morgan fingerprint density at radius 3 is 2.50 bits per heavy atom. The predicted octanol–water partition coefficient (Wildman–Crippen LogP) is 2.91. The third-order valence-corrected chi connectivity index (χ3v) is 3.81. The van der Waals surface area contributed by atoms with Crippen molar-refractivity contribution in [3.63, 3.8) is 0 Å². The molecule has 1 unspecified atom stereocenters. The third-order valence-electron chi connectivity index (χ3n) is 2.35. The number of carbonyl (C=O) groups excluding carboxylic acids is 1. The van der Waals surface area contributed by atoms with Crippen LogP contribution < -0.4 is 0 Å². The van der Waals surface area contributed by atoms with Gasteiger partial charge in [-0.3, -0.25) is 4.79 Å². The lowest BCUT2D eigenvalue weighted by Gasteiger charge is -2.11. The maximum atomic E-state index is 10.3. The van der Waals surface area contributed by atoms with E-state index in [1.165, 1.54) is 5.54 Å². The predicted molar refractivity (Wildman–Crippen MR) is 58.0 cm³/mol. The topological polar surface area (TPSA) is 26.3 Å². The van der Waals surface area contributed by atoms with Crippen LogP contribution in [-0.4, -0.2) is 23.8 Å². The van der Waals surface area contributed by atoms with Gasteiger partial charge >= 0.3 is 0 Å². The smallest absolute Gasteiger partial charge is 0.149 e. The molecule has 0 radical (unpaired) electrons. The second kappa shape index (κ2) is 4.40.